The van der Waals surface area contributed by atoms with E-state index >= 15 is 0 Å². The van der Waals surface area contributed by atoms with E-state index in [1.165, 1.54) is 6.92 Å². The molecule has 11 nitrogen and oxygen atoms in total. The zero-order valence-electron chi connectivity index (χ0n) is 22.8. The van der Waals surface area contributed by atoms with E-state index in [4.69, 9.17) is 29.2 Å². The highest BCUT2D eigenvalue weighted by atomic mass is 16.7. The SMILES string of the molecule is COc1cc2c(c3c1c(=O)c1ccccc1n3C)C[C@H](O[C@@H]1C[C@H](N=[N+]=[N-])[C@H](OC(C)=O)[C@H](C)O1)C(C)(C)O2. The number of nitrogens with zero attached hydrogens (tertiary/aromatic N) is 4. The third kappa shape index (κ3) is 4.67. The number of carbonyl (C=O) groups excluding carboxylic acids is 1. The fraction of sp³-hybridized carbons (Fsp3) is 0.500. The van der Waals surface area contributed by atoms with Crippen molar-refractivity contribution in [2.24, 2.45) is 12.2 Å². The third-order valence-electron chi connectivity index (χ3n) is 7.62. The average molecular weight is 537 g/mol. The molecule has 0 saturated carbocycles. The number of hydrogen-bond donors (Lipinski definition) is 0. The Bertz CT molecular complexity index is 1560. The molecule has 0 amide bonds. The molecular formula is C28H32N4O7. The number of fused-ring (bicyclic) bond motifs is 4. The Balaban J connectivity index is 1.55. The average Bonchev–Trinajstić information content (AvgIpc) is 2.88. The summed E-state index contributed by atoms with van der Waals surface area (Å²) < 4.78 is 32.1. The van der Waals surface area contributed by atoms with Crippen LogP contribution < -0.4 is 14.9 Å². The number of esters is 1. The number of benzene rings is 2. The minimum atomic E-state index is -0.769. The Morgan fingerprint density at radius 3 is 2.72 bits per heavy atom. The molecule has 5 rings (SSSR count). The van der Waals surface area contributed by atoms with Crippen LogP contribution in [0.15, 0.2) is 40.2 Å². The van der Waals surface area contributed by atoms with Gasteiger partial charge in [0, 0.05) is 48.7 Å². The van der Waals surface area contributed by atoms with Crippen molar-refractivity contribution in [3.8, 4) is 11.5 Å². The molecule has 2 aliphatic heterocycles. The van der Waals surface area contributed by atoms with E-state index in [9.17, 15) is 9.59 Å². The molecule has 3 aromatic rings. The Morgan fingerprint density at radius 2 is 2.03 bits per heavy atom. The van der Waals surface area contributed by atoms with Crippen LogP contribution in [0.2, 0.25) is 0 Å². The van der Waals surface area contributed by atoms with E-state index < -0.39 is 42.2 Å². The van der Waals surface area contributed by atoms with Crippen LogP contribution in [0, 0.1) is 0 Å². The fourth-order valence-corrected chi connectivity index (χ4v) is 5.74. The van der Waals surface area contributed by atoms with Crippen molar-refractivity contribution in [3.63, 3.8) is 0 Å². The lowest BCUT2D eigenvalue weighted by atomic mass is 9.88. The van der Waals surface area contributed by atoms with Crippen LogP contribution in [0.3, 0.4) is 0 Å². The lowest BCUT2D eigenvalue weighted by molar-refractivity contribution is -0.261. The summed E-state index contributed by atoms with van der Waals surface area (Å²) in [5.74, 6) is 0.588. The van der Waals surface area contributed by atoms with Crippen LogP contribution in [0.1, 0.15) is 39.7 Å². The second-order valence-corrected chi connectivity index (χ2v) is 10.6. The smallest absolute Gasteiger partial charge is 0.303 e. The van der Waals surface area contributed by atoms with Gasteiger partial charge in [0.1, 0.15) is 29.3 Å². The van der Waals surface area contributed by atoms with Crippen LogP contribution in [0.5, 0.6) is 11.5 Å². The first-order valence-corrected chi connectivity index (χ1v) is 12.9. The maximum absolute atomic E-state index is 13.6. The van der Waals surface area contributed by atoms with E-state index in [-0.39, 0.29) is 11.8 Å². The predicted octanol–water partition coefficient (Wildman–Crippen LogP) is 4.54. The van der Waals surface area contributed by atoms with Crippen molar-refractivity contribution in [2.75, 3.05) is 7.11 Å². The van der Waals surface area contributed by atoms with Crippen molar-refractivity contribution in [3.05, 3.63) is 56.6 Å². The van der Waals surface area contributed by atoms with Gasteiger partial charge in [0.2, 0.25) is 5.43 Å². The standard InChI is InChI=1S/C28H32N4O7/c1-14-27(37-15(2)33)18(30-31-29)12-23(36-14)38-22-11-17-20(39-28(22,3)4)13-21(35-6)24-25(17)32(5)19-10-8-7-9-16(19)26(24)34/h7-10,13-14,18,22-23,27H,11-12H2,1-6H3/t14-,18-,22-,23+,27+/m0/s1. The molecule has 0 aliphatic carbocycles. The second kappa shape index (κ2) is 10.1. The zero-order valence-corrected chi connectivity index (χ0v) is 22.8. The monoisotopic (exact) mass is 536 g/mol. The molecule has 11 heteroatoms. The molecule has 1 aromatic heterocycles. The number of ether oxygens (including phenoxy) is 5. The summed E-state index contributed by atoms with van der Waals surface area (Å²) in [6.45, 7) is 6.91. The van der Waals surface area contributed by atoms with Gasteiger partial charge in [-0.3, -0.25) is 9.59 Å². The molecule has 5 atom stereocenters. The Hall–Kier alpha value is -3.79. The predicted molar refractivity (Wildman–Crippen MR) is 144 cm³/mol. The van der Waals surface area contributed by atoms with Crippen LogP contribution in [-0.4, -0.2) is 53.9 Å². The molecule has 1 saturated heterocycles. The van der Waals surface area contributed by atoms with Gasteiger partial charge in [-0.25, -0.2) is 0 Å². The number of azide groups is 1. The summed E-state index contributed by atoms with van der Waals surface area (Å²) in [6, 6.07) is 8.59. The quantitative estimate of drug-likeness (QED) is 0.154. The van der Waals surface area contributed by atoms with Gasteiger partial charge in [-0.15, -0.1) is 0 Å². The van der Waals surface area contributed by atoms with Crippen molar-refractivity contribution in [1.82, 2.24) is 4.57 Å². The minimum absolute atomic E-state index is 0.112. The van der Waals surface area contributed by atoms with Gasteiger partial charge in [-0.2, -0.15) is 0 Å². The van der Waals surface area contributed by atoms with E-state index in [1.54, 1.807) is 20.1 Å². The number of aromatic nitrogens is 1. The van der Waals surface area contributed by atoms with E-state index in [0.29, 0.717) is 28.7 Å². The molecule has 39 heavy (non-hydrogen) atoms. The van der Waals surface area contributed by atoms with Gasteiger partial charge in [0.15, 0.2) is 6.29 Å². The lowest BCUT2D eigenvalue weighted by Gasteiger charge is -2.44. The molecule has 3 heterocycles. The lowest BCUT2D eigenvalue weighted by Crippen LogP contribution is -2.54. The molecule has 2 aromatic carbocycles. The highest BCUT2D eigenvalue weighted by Gasteiger charge is 2.45. The first kappa shape index (κ1) is 26.8. The largest absolute Gasteiger partial charge is 0.496 e. The number of para-hydroxylation sites is 1. The van der Waals surface area contributed by atoms with Crippen molar-refractivity contribution in [2.45, 2.75) is 76.8 Å². The summed E-state index contributed by atoms with van der Waals surface area (Å²) in [6.07, 6.45) is -1.84. The zero-order chi connectivity index (χ0) is 28.1. The molecule has 206 valence electrons. The first-order valence-electron chi connectivity index (χ1n) is 12.9. The Labute approximate surface area is 225 Å². The highest BCUT2D eigenvalue weighted by Crippen LogP contribution is 2.43. The maximum atomic E-state index is 13.6. The van der Waals surface area contributed by atoms with E-state index in [2.05, 4.69) is 10.0 Å². The second-order valence-electron chi connectivity index (χ2n) is 10.6. The van der Waals surface area contributed by atoms with Gasteiger partial charge >= 0.3 is 5.97 Å². The fourth-order valence-electron chi connectivity index (χ4n) is 5.74. The normalized spacial score (nSPS) is 25.8. The molecule has 1 fully saturated rings. The highest BCUT2D eigenvalue weighted by molar-refractivity contribution is 5.99. The summed E-state index contributed by atoms with van der Waals surface area (Å²) in [7, 11) is 3.46. The first-order chi connectivity index (χ1) is 18.6. The molecule has 0 unspecified atom stereocenters. The van der Waals surface area contributed by atoms with Crippen LogP contribution in [0.25, 0.3) is 32.2 Å². The van der Waals surface area contributed by atoms with Gasteiger partial charge in [0.25, 0.3) is 0 Å². The topological polar surface area (TPSA) is 134 Å². The number of carbonyl (C=O) groups is 1. The number of hydrogen-bond acceptors (Lipinski definition) is 8. The number of pyridine rings is 1. The minimum Gasteiger partial charge on any atom is -0.496 e. The Kier molecular flexibility index (Phi) is 6.92. The number of methoxy groups -OCH3 is 1. The van der Waals surface area contributed by atoms with Crippen molar-refractivity contribution in [1.29, 1.82) is 0 Å². The molecule has 0 spiro atoms. The van der Waals surface area contributed by atoms with Gasteiger partial charge < -0.3 is 28.3 Å². The molecule has 0 bridgehead atoms. The summed E-state index contributed by atoms with van der Waals surface area (Å²) >= 11 is 0. The maximum Gasteiger partial charge on any atom is 0.303 e. The summed E-state index contributed by atoms with van der Waals surface area (Å²) in [5.41, 5.74) is 10.6. The van der Waals surface area contributed by atoms with Gasteiger partial charge in [-0.05, 0) is 38.4 Å². The molecule has 0 N–H and O–H groups in total. The van der Waals surface area contributed by atoms with Crippen molar-refractivity contribution >= 4 is 27.8 Å². The van der Waals surface area contributed by atoms with Crippen molar-refractivity contribution < 1.29 is 28.5 Å². The summed E-state index contributed by atoms with van der Waals surface area (Å²) in [5, 5.41) is 4.94. The van der Waals surface area contributed by atoms with E-state index in [0.717, 1.165) is 16.6 Å². The van der Waals surface area contributed by atoms with Crippen LogP contribution >= 0.6 is 0 Å². The molecule has 0 radical (unpaired) electrons. The molecule has 2 aliphatic rings. The summed E-state index contributed by atoms with van der Waals surface area (Å²) in [4.78, 5) is 28.1. The number of rotatable bonds is 5. The van der Waals surface area contributed by atoms with E-state index in [1.807, 2.05) is 49.7 Å². The van der Waals surface area contributed by atoms with Gasteiger partial charge in [0.05, 0.1) is 35.7 Å². The van der Waals surface area contributed by atoms with Crippen LogP contribution in [-0.2, 0) is 32.5 Å². The van der Waals surface area contributed by atoms with Crippen LogP contribution in [0.4, 0.5) is 0 Å². The Morgan fingerprint density at radius 1 is 1.28 bits per heavy atom. The van der Waals surface area contributed by atoms with Gasteiger partial charge in [-0.1, -0.05) is 17.2 Å². The molecular weight excluding hydrogens is 504 g/mol. The third-order valence-corrected chi connectivity index (χ3v) is 7.62. The number of aryl methyl sites for hydroxylation is 1.